The quantitative estimate of drug-likeness (QED) is 0.484. The zero-order valence-corrected chi connectivity index (χ0v) is 22.4. The van der Waals surface area contributed by atoms with Gasteiger partial charge in [0.15, 0.2) is 0 Å². The number of aliphatic hydroxyl groups excluding tert-OH is 1. The van der Waals surface area contributed by atoms with E-state index < -0.39 is 17.1 Å². The van der Waals surface area contributed by atoms with Crippen LogP contribution in [0, 0.1) is 34.5 Å². The van der Waals surface area contributed by atoms with Crippen LogP contribution in [0.5, 0.6) is 0 Å². The van der Waals surface area contributed by atoms with Gasteiger partial charge in [-0.3, -0.25) is 0 Å². The van der Waals surface area contributed by atoms with Crippen molar-refractivity contribution in [3.63, 3.8) is 0 Å². The summed E-state index contributed by atoms with van der Waals surface area (Å²) in [4.78, 5) is 26.5. The summed E-state index contributed by atoms with van der Waals surface area (Å²) >= 11 is 0. The summed E-state index contributed by atoms with van der Waals surface area (Å²) in [6.07, 6.45) is 8.41. The van der Waals surface area contributed by atoms with Gasteiger partial charge in [-0.25, -0.2) is 9.59 Å². The molecule has 206 valence electrons. The highest BCUT2D eigenvalue weighted by molar-refractivity contribution is 5.85. The van der Waals surface area contributed by atoms with Gasteiger partial charge in [0, 0.05) is 31.1 Å². The maximum absolute atomic E-state index is 12.9. The number of carbonyl (C=O) groups excluding carboxylic acids is 2. The van der Waals surface area contributed by atoms with E-state index in [0.717, 1.165) is 70.2 Å². The van der Waals surface area contributed by atoms with Crippen molar-refractivity contribution in [3.8, 4) is 0 Å². The minimum atomic E-state index is -0.954. The van der Waals surface area contributed by atoms with Crippen molar-refractivity contribution >= 4 is 12.1 Å². The molecule has 8 heteroatoms. The highest BCUT2D eigenvalue weighted by atomic mass is 16.6. The molecule has 0 aromatic rings. The third kappa shape index (κ3) is 3.88. The van der Waals surface area contributed by atoms with Gasteiger partial charge in [0.1, 0.15) is 12.7 Å². The molecule has 6 aliphatic rings. The summed E-state index contributed by atoms with van der Waals surface area (Å²) in [7, 11) is 0. The first kappa shape index (κ1) is 25.6. The van der Waals surface area contributed by atoms with Crippen molar-refractivity contribution < 1.29 is 29.3 Å². The fourth-order valence-electron chi connectivity index (χ4n) is 9.70. The van der Waals surface area contributed by atoms with E-state index >= 15 is 0 Å². The summed E-state index contributed by atoms with van der Waals surface area (Å²) in [6.45, 7) is 7.90. The number of amides is 1. The zero-order valence-electron chi connectivity index (χ0n) is 22.4. The van der Waals surface area contributed by atoms with Gasteiger partial charge in [-0.2, -0.15) is 0 Å². The van der Waals surface area contributed by atoms with E-state index in [0.29, 0.717) is 25.3 Å². The van der Waals surface area contributed by atoms with E-state index in [4.69, 9.17) is 9.47 Å². The van der Waals surface area contributed by atoms with Gasteiger partial charge in [0.2, 0.25) is 0 Å². The first-order chi connectivity index (χ1) is 17.7. The Kier molecular flexibility index (Phi) is 6.39. The van der Waals surface area contributed by atoms with Crippen LogP contribution >= 0.6 is 0 Å². The van der Waals surface area contributed by atoms with Crippen LogP contribution in [0.1, 0.15) is 71.6 Å². The first-order valence-corrected chi connectivity index (χ1v) is 14.6. The topological polar surface area (TPSA) is 108 Å². The van der Waals surface area contributed by atoms with E-state index in [-0.39, 0.29) is 47.9 Å². The maximum atomic E-state index is 12.9. The van der Waals surface area contributed by atoms with Crippen LogP contribution < -0.4 is 5.32 Å². The summed E-state index contributed by atoms with van der Waals surface area (Å²) < 4.78 is 11.2. The molecule has 9 atom stereocenters. The molecule has 0 radical (unpaired) electrons. The fourth-order valence-corrected chi connectivity index (χ4v) is 9.70. The standard InChI is InChI=1S/C29H44N2O6/c1-27-8-6-20(37-26(34)31-12-3-10-30-11-13-31)15-19(27)4-5-22-23(27)16-24(32)28(2)21(7-9-29(22,28)35)18-14-25(33)36-17-18/h14,19-24,30,32,35H,3-13,15-17H2,1-2H3. The summed E-state index contributed by atoms with van der Waals surface area (Å²) in [5.74, 6) is 0.452. The summed E-state index contributed by atoms with van der Waals surface area (Å²) in [5, 5.41) is 27.4. The van der Waals surface area contributed by atoms with Crippen LogP contribution in [0.3, 0.4) is 0 Å². The molecule has 0 spiro atoms. The number of hydrogen-bond donors (Lipinski definition) is 3. The molecular formula is C29H44N2O6. The van der Waals surface area contributed by atoms with Crippen LogP contribution in [-0.2, 0) is 14.3 Å². The fraction of sp³-hybridized carbons (Fsp3) is 0.862. The Labute approximate surface area is 220 Å². The molecule has 2 heterocycles. The minimum Gasteiger partial charge on any atom is -0.458 e. The smallest absolute Gasteiger partial charge is 0.410 e. The average Bonchev–Trinajstić information content (AvgIpc) is 3.28. The number of carbonyl (C=O) groups is 2. The van der Waals surface area contributed by atoms with Gasteiger partial charge >= 0.3 is 12.1 Å². The molecule has 8 nitrogen and oxygen atoms in total. The number of nitrogens with one attached hydrogen (secondary N) is 1. The molecule has 2 aliphatic heterocycles. The van der Waals surface area contributed by atoms with E-state index in [1.54, 1.807) is 6.08 Å². The molecule has 5 fully saturated rings. The Bertz CT molecular complexity index is 962. The Morgan fingerprint density at radius 3 is 2.73 bits per heavy atom. The van der Waals surface area contributed by atoms with Crippen LogP contribution in [-0.4, -0.2) is 77.8 Å². The highest BCUT2D eigenvalue weighted by Gasteiger charge is 2.70. The summed E-state index contributed by atoms with van der Waals surface area (Å²) in [5.41, 5.74) is -0.681. The molecule has 0 bridgehead atoms. The monoisotopic (exact) mass is 516 g/mol. The van der Waals surface area contributed by atoms with Crippen molar-refractivity contribution in [2.75, 3.05) is 32.8 Å². The van der Waals surface area contributed by atoms with Gasteiger partial charge in [0.05, 0.1) is 11.7 Å². The van der Waals surface area contributed by atoms with E-state index in [1.165, 1.54) is 0 Å². The normalized spacial score (nSPS) is 47.7. The van der Waals surface area contributed by atoms with Crippen molar-refractivity contribution in [1.82, 2.24) is 10.2 Å². The predicted molar refractivity (Wildman–Crippen MR) is 136 cm³/mol. The number of nitrogens with zero attached hydrogens (tertiary/aromatic N) is 1. The average molecular weight is 517 g/mol. The van der Waals surface area contributed by atoms with Crippen molar-refractivity contribution in [2.45, 2.75) is 89.4 Å². The van der Waals surface area contributed by atoms with E-state index in [9.17, 15) is 19.8 Å². The van der Waals surface area contributed by atoms with Crippen LogP contribution in [0.2, 0.25) is 0 Å². The van der Waals surface area contributed by atoms with E-state index in [1.807, 2.05) is 4.90 Å². The lowest BCUT2D eigenvalue weighted by Crippen LogP contribution is -2.67. The highest BCUT2D eigenvalue weighted by Crippen LogP contribution is 2.70. The largest absolute Gasteiger partial charge is 0.458 e. The number of fused-ring (bicyclic) bond motifs is 5. The van der Waals surface area contributed by atoms with Gasteiger partial charge in [-0.15, -0.1) is 0 Å². The number of hydrogen-bond acceptors (Lipinski definition) is 7. The van der Waals surface area contributed by atoms with Crippen LogP contribution in [0.4, 0.5) is 4.79 Å². The minimum absolute atomic E-state index is 0.0141. The second-order valence-corrected chi connectivity index (χ2v) is 13.2. The molecule has 0 aromatic heterocycles. The number of cyclic esters (lactones) is 1. The number of esters is 1. The van der Waals surface area contributed by atoms with Crippen LogP contribution in [0.25, 0.3) is 0 Å². The van der Waals surface area contributed by atoms with Crippen LogP contribution in [0.15, 0.2) is 11.6 Å². The second kappa shape index (κ2) is 9.23. The SMILES string of the molecule is CC12CCC(OC(=O)N3CCCNCC3)CC1CCC1C2CC(O)C2(C)C(C3=CC(=O)OC3)CCC12O. The number of aliphatic hydroxyl groups is 2. The van der Waals surface area contributed by atoms with Crippen molar-refractivity contribution in [3.05, 3.63) is 11.6 Å². The molecule has 3 N–H and O–H groups in total. The van der Waals surface area contributed by atoms with Gasteiger partial charge in [-0.1, -0.05) is 13.8 Å². The Morgan fingerprint density at radius 1 is 1.11 bits per heavy atom. The summed E-state index contributed by atoms with van der Waals surface area (Å²) in [6, 6.07) is 0. The van der Waals surface area contributed by atoms with Crippen molar-refractivity contribution in [2.24, 2.45) is 34.5 Å². The lowest BCUT2D eigenvalue weighted by molar-refractivity contribution is -0.245. The predicted octanol–water partition coefficient (Wildman–Crippen LogP) is 3.01. The molecule has 4 saturated carbocycles. The third-order valence-corrected chi connectivity index (χ3v) is 11.9. The molecule has 0 aromatic carbocycles. The molecule has 1 saturated heterocycles. The molecular weight excluding hydrogens is 472 g/mol. The van der Waals surface area contributed by atoms with Gasteiger partial charge < -0.3 is 29.9 Å². The first-order valence-electron chi connectivity index (χ1n) is 14.6. The Morgan fingerprint density at radius 2 is 1.95 bits per heavy atom. The van der Waals surface area contributed by atoms with Crippen molar-refractivity contribution in [1.29, 1.82) is 0 Å². The molecule has 9 unspecified atom stereocenters. The van der Waals surface area contributed by atoms with E-state index in [2.05, 4.69) is 19.2 Å². The number of rotatable bonds is 2. The molecule has 6 rings (SSSR count). The van der Waals surface area contributed by atoms with Gasteiger partial charge in [0.25, 0.3) is 0 Å². The lowest BCUT2D eigenvalue weighted by Gasteiger charge is -2.65. The molecule has 37 heavy (non-hydrogen) atoms. The Balaban J connectivity index is 1.18. The maximum Gasteiger partial charge on any atom is 0.410 e. The second-order valence-electron chi connectivity index (χ2n) is 13.2. The van der Waals surface area contributed by atoms with Gasteiger partial charge in [-0.05, 0) is 99.0 Å². The molecule has 4 aliphatic carbocycles. The third-order valence-electron chi connectivity index (χ3n) is 11.9. The lowest BCUT2D eigenvalue weighted by atomic mass is 9.42. The zero-order chi connectivity index (χ0) is 26.0. The number of ether oxygens (including phenoxy) is 2. The molecule has 1 amide bonds. The Hall–Kier alpha value is -1.64.